The summed E-state index contributed by atoms with van der Waals surface area (Å²) in [5, 5.41) is 17.5. The molecule has 5 nitrogen and oxygen atoms in total. The lowest BCUT2D eigenvalue weighted by atomic mass is 10.1. The van der Waals surface area contributed by atoms with Crippen LogP contribution in [0.2, 0.25) is 0 Å². The van der Waals surface area contributed by atoms with Gasteiger partial charge >= 0.3 is 11.9 Å². The quantitative estimate of drug-likeness (QED) is 0.809. The number of benzene rings is 1. The second kappa shape index (κ2) is 5.29. The fraction of sp³-hybridized carbons (Fsp3) is 0.273. The van der Waals surface area contributed by atoms with Crippen LogP contribution in [0.3, 0.4) is 0 Å². The van der Waals surface area contributed by atoms with Crippen LogP contribution in [0.1, 0.15) is 6.42 Å². The molecular formula is C11H12FNO4. The molecule has 0 aromatic heterocycles. The van der Waals surface area contributed by atoms with Crippen molar-refractivity contribution in [1.82, 2.24) is 0 Å². The zero-order valence-electron chi connectivity index (χ0n) is 9.13. The van der Waals surface area contributed by atoms with E-state index in [2.05, 4.69) is 0 Å². The lowest BCUT2D eigenvalue weighted by molar-refractivity contribution is -0.145. The summed E-state index contributed by atoms with van der Waals surface area (Å²) < 4.78 is 13.0. The minimum absolute atomic E-state index is 0.318. The number of nitrogens with zero attached hydrogens (tertiary/aromatic N) is 1. The number of anilines is 1. The van der Waals surface area contributed by atoms with Crippen molar-refractivity contribution in [3.63, 3.8) is 0 Å². The van der Waals surface area contributed by atoms with Gasteiger partial charge in [-0.3, -0.25) is 4.79 Å². The molecule has 0 bridgehead atoms. The highest BCUT2D eigenvalue weighted by Gasteiger charge is 2.25. The molecule has 0 radical (unpaired) electrons. The molecule has 1 aromatic rings. The average Bonchev–Trinajstić information content (AvgIpc) is 2.24. The summed E-state index contributed by atoms with van der Waals surface area (Å²) >= 11 is 0. The molecule has 0 aliphatic heterocycles. The Balaban J connectivity index is 2.95. The lowest BCUT2D eigenvalue weighted by Crippen LogP contribution is -2.40. The smallest absolute Gasteiger partial charge is 0.326 e. The van der Waals surface area contributed by atoms with Gasteiger partial charge < -0.3 is 15.1 Å². The monoisotopic (exact) mass is 241 g/mol. The molecule has 0 aliphatic carbocycles. The third-order valence-corrected chi connectivity index (χ3v) is 2.34. The highest BCUT2D eigenvalue weighted by atomic mass is 19.1. The normalized spacial score (nSPS) is 11.9. The van der Waals surface area contributed by atoms with Crippen LogP contribution in [0.5, 0.6) is 0 Å². The molecule has 1 unspecified atom stereocenters. The Kier molecular flexibility index (Phi) is 4.03. The van der Waals surface area contributed by atoms with Crippen LogP contribution in [0.15, 0.2) is 24.3 Å². The second-order valence-electron chi connectivity index (χ2n) is 3.54. The van der Waals surface area contributed by atoms with Gasteiger partial charge in [0, 0.05) is 12.7 Å². The molecule has 0 saturated carbocycles. The Morgan fingerprint density at radius 3 is 2.53 bits per heavy atom. The fourth-order valence-electron chi connectivity index (χ4n) is 1.43. The van der Waals surface area contributed by atoms with Gasteiger partial charge in [0.05, 0.1) is 6.42 Å². The minimum Gasteiger partial charge on any atom is -0.481 e. The minimum atomic E-state index is -1.26. The van der Waals surface area contributed by atoms with Crippen LogP contribution >= 0.6 is 0 Å². The second-order valence-corrected chi connectivity index (χ2v) is 3.54. The van der Waals surface area contributed by atoms with Crippen molar-refractivity contribution in [3.8, 4) is 0 Å². The van der Waals surface area contributed by atoms with E-state index < -0.39 is 30.2 Å². The molecule has 92 valence electrons. The predicted octanol–water partition coefficient (Wildman–Crippen LogP) is 1.19. The summed E-state index contributed by atoms with van der Waals surface area (Å²) in [6, 6.07) is 4.10. The number of aliphatic carboxylic acids is 2. The molecule has 6 heteroatoms. The van der Waals surface area contributed by atoms with Gasteiger partial charge in [0.25, 0.3) is 0 Å². The van der Waals surface area contributed by atoms with E-state index in [4.69, 9.17) is 10.2 Å². The van der Waals surface area contributed by atoms with E-state index in [-0.39, 0.29) is 0 Å². The number of hydrogen-bond donors (Lipinski definition) is 2. The maximum Gasteiger partial charge on any atom is 0.326 e. The highest BCUT2D eigenvalue weighted by Crippen LogP contribution is 2.18. The van der Waals surface area contributed by atoms with Gasteiger partial charge in [-0.25, -0.2) is 9.18 Å². The first-order valence-electron chi connectivity index (χ1n) is 4.85. The number of carboxylic acid groups (broad SMARTS) is 2. The van der Waals surface area contributed by atoms with E-state index in [0.29, 0.717) is 5.69 Å². The van der Waals surface area contributed by atoms with Gasteiger partial charge in [0.2, 0.25) is 0 Å². The van der Waals surface area contributed by atoms with Crippen LogP contribution in [-0.4, -0.2) is 35.2 Å². The van der Waals surface area contributed by atoms with Gasteiger partial charge in [-0.2, -0.15) is 0 Å². The molecule has 0 spiro atoms. The van der Waals surface area contributed by atoms with Crippen LogP contribution in [0.25, 0.3) is 0 Å². The van der Waals surface area contributed by atoms with Gasteiger partial charge in [0.1, 0.15) is 11.9 Å². The number of carbonyl (C=O) groups is 2. The summed E-state index contributed by atoms with van der Waals surface area (Å²) in [5.74, 6) is -2.99. The van der Waals surface area contributed by atoms with E-state index in [0.717, 1.165) is 6.07 Å². The van der Waals surface area contributed by atoms with Crippen molar-refractivity contribution in [2.75, 3.05) is 11.9 Å². The fourth-order valence-corrected chi connectivity index (χ4v) is 1.43. The molecule has 0 aliphatic rings. The summed E-state index contributed by atoms with van der Waals surface area (Å²) in [7, 11) is 1.41. The SMILES string of the molecule is CN(c1cccc(F)c1)C(CC(=O)O)C(=O)O. The van der Waals surface area contributed by atoms with Crippen molar-refractivity contribution < 1.29 is 24.2 Å². The van der Waals surface area contributed by atoms with Gasteiger partial charge in [-0.05, 0) is 18.2 Å². The highest BCUT2D eigenvalue weighted by molar-refractivity contribution is 5.83. The van der Waals surface area contributed by atoms with Crippen LogP contribution in [-0.2, 0) is 9.59 Å². The third kappa shape index (κ3) is 3.44. The van der Waals surface area contributed by atoms with E-state index >= 15 is 0 Å². The number of carboxylic acids is 2. The maximum atomic E-state index is 13.0. The first-order valence-corrected chi connectivity index (χ1v) is 4.85. The molecule has 1 rings (SSSR count). The Morgan fingerprint density at radius 2 is 2.06 bits per heavy atom. The van der Waals surface area contributed by atoms with Crippen LogP contribution in [0.4, 0.5) is 10.1 Å². The van der Waals surface area contributed by atoms with Crippen LogP contribution in [0, 0.1) is 5.82 Å². The number of hydrogen-bond acceptors (Lipinski definition) is 3. The number of likely N-dealkylation sites (N-methyl/N-ethyl adjacent to an activating group) is 1. The van der Waals surface area contributed by atoms with Gasteiger partial charge in [0.15, 0.2) is 0 Å². The first-order chi connectivity index (χ1) is 7.91. The molecular weight excluding hydrogens is 229 g/mol. The van der Waals surface area contributed by atoms with Crippen molar-refractivity contribution in [2.24, 2.45) is 0 Å². The Morgan fingerprint density at radius 1 is 1.41 bits per heavy atom. The average molecular weight is 241 g/mol. The maximum absolute atomic E-state index is 13.0. The Labute approximate surface area is 97.1 Å². The predicted molar refractivity (Wildman–Crippen MR) is 58.5 cm³/mol. The van der Waals surface area contributed by atoms with E-state index in [1.54, 1.807) is 0 Å². The summed E-state index contributed by atoms with van der Waals surface area (Å²) in [4.78, 5) is 22.7. The van der Waals surface area contributed by atoms with Crippen LogP contribution < -0.4 is 4.90 Å². The number of halogens is 1. The topological polar surface area (TPSA) is 77.8 Å². The molecule has 1 atom stereocenters. The molecule has 0 amide bonds. The summed E-state index contributed by atoms with van der Waals surface area (Å²) in [5.41, 5.74) is 0.318. The Bertz CT molecular complexity index is 435. The van der Waals surface area contributed by atoms with Crippen molar-refractivity contribution in [1.29, 1.82) is 0 Å². The first kappa shape index (κ1) is 13.0. The van der Waals surface area contributed by atoms with Crippen molar-refractivity contribution in [3.05, 3.63) is 30.1 Å². The van der Waals surface area contributed by atoms with E-state index in [1.165, 1.54) is 30.1 Å². The zero-order chi connectivity index (χ0) is 13.0. The van der Waals surface area contributed by atoms with Gasteiger partial charge in [-0.1, -0.05) is 6.07 Å². The van der Waals surface area contributed by atoms with E-state index in [9.17, 15) is 14.0 Å². The molecule has 0 heterocycles. The van der Waals surface area contributed by atoms with Crippen molar-refractivity contribution >= 4 is 17.6 Å². The zero-order valence-corrected chi connectivity index (χ0v) is 9.13. The number of rotatable bonds is 5. The van der Waals surface area contributed by atoms with Crippen molar-refractivity contribution in [2.45, 2.75) is 12.5 Å². The van der Waals surface area contributed by atoms with Gasteiger partial charge in [-0.15, -0.1) is 0 Å². The molecule has 17 heavy (non-hydrogen) atoms. The molecule has 2 N–H and O–H groups in total. The largest absolute Gasteiger partial charge is 0.481 e. The summed E-state index contributed by atoms with van der Waals surface area (Å²) in [6.07, 6.45) is -0.553. The standard InChI is InChI=1S/C11H12FNO4/c1-13(8-4-2-3-7(12)5-8)9(11(16)17)6-10(14)15/h2-5,9H,6H2,1H3,(H,14,15)(H,16,17). The molecule has 0 fully saturated rings. The lowest BCUT2D eigenvalue weighted by Gasteiger charge is -2.25. The Hall–Kier alpha value is -2.11. The summed E-state index contributed by atoms with van der Waals surface area (Å²) in [6.45, 7) is 0. The molecule has 1 aromatic carbocycles. The third-order valence-electron chi connectivity index (χ3n) is 2.34. The molecule has 0 saturated heterocycles. The van der Waals surface area contributed by atoms with E-state index in [1.807, 2.05) is 0 Å².